The second-order valence-corrected chi connectivity index (χ2v) is 5.95. The van der Waals surface area contributed by atoms with Crippen LogP contribution in [0.4, 0.5) is 5.69 Å². The summed E-state index contributed by atoms with van der Waals surface area (Å²) >= 11 is 0. The van der Waals surface area contributed by atoms with Crippen LogP contribution in [0.5, 0.6) is 5.75 Å². The van der Waals surface area contributed by atoms with Crippen molar-refractivity contribution in [3.8, 4) is 5.75 Å². The molecule has 2 aromatic rings. The van der Waals surface area contributed by atoms with E-state index < -0.39 is 11.9 Å². The number of methoxy groups -OCH3 is 1. The molecule has 0 bridgehead atoms. The number of aliphatic carboxylic acids is 1. The lowest BCUT2D eigenvalue weighted by Gasteiger charge is -2.16. The van der Waals surface area contributed by atoms with Crippen molar-refractivity contribution in [3.63, 3.8) is 0 Å². The van der Waals surface area contributed by atoms with Crippen LogP contribution < -0.4 is 9.64 Å². The molecule has 0 aliphatic carbocycles. The summed E-state index contributed by atoms with van der Waals surface area (Å²) in [6.07, 6.45) is 4.02. The number of carboxylic acids is 1. The Labute approximate surface area is 146 Å². The maximum Gasteiger partial charge on any atom is 0.308 e. The second kappa shape index (κ2) is 7.21. The van der Waals surface area contributed by atoms with Crippen LogP contribution in [0.2, 0.25) is 0 Å². The van der Waals surface area contributed by atoms with Gasteiger partial charge in [0.15, 0.2) is 0 Å². The molecule has 1 aliphatic heterocycles. The van der Waals surface area contributed by atoms with Gasteiger partial charge < -0.3 is 14.7 Å². The largest absolute Gasteiger partial charge is 0.497 e. The third kappa shape index (κ3) is 3.88. The Kier molecular flexibility index (Phi) is 4.84. The SMILES string of the molecule is COc1cccc(/C=C/c2ccc(N3CC(C(=O)O)CC3=O)cc2)c1. The number of hydrogen-bond donors (Lipinski definition) is 1. The van der Waals surface area contributed by atoms with Crippen LogP contribution in [0, 0.1) is 5.92 Å². The topological polar surface area (TPSA) is 66.8 Å². The molecule has 1 aliphatic rings. The summed E-state index contributed by atoms with van der Waals surface area (Å²) in [6, 6.07) is 15.3. The highest BCUT2D eigenvalue weighted by atomic mass is 16.5. The highest BCUT2D eigenvalue weighted by Crippen LogP contribution is 2.26. The maximum atomic E-state index is 12.0. The van der Waals surface area contributed by atoms with Gasteiger partial charge in [-0.15, -0.1) is 0 Å². The van der Waals surface area contributed by atoms with E-state index in [1.807, 2.05) is 60.7 Å². The molecule has 25 heavy (non-hydrogen) atoms. The average molecular weight is 337 g/mol. The van der Waals surface area contributed by atoms with E-state index in [0.717, 1.165) is 22.6 Å². The van der Waals surface area contributed by atoms with Crippen LogP contribution in [0.25, 0.3) is 12.2 Å². The molecule has 2 aromatic carbocycles. The molecule has 1 N–H and O–H groups in total. The Morgan fingerprint density at radius 3 is 2.52 bits per heavy atom. The lowest BCUT2D eigenvalue weighted by Crippen LogP contribution is -2.25. The number of ether oxygens (including phenoxy) is 1. The number of amides is 1. The molecular formula is C20H19NO4. The minimum absolute atomic E-state index is 0.0623. The van der Waals surface area contributed by atoms with Crippen LogP contribution in [-0.4, -0.2) is 30.6 Å². The first-order chi connectivity index (χ1) is 12.1. The molecular weight excluding hydrogens is 318 g/mol. The van der Waals surface area contributed by atoms with Crippen molar-refractivity contribution in [3.05, 3.63) is 59.7 Å². The quantitative estimate of drug-likeness (QED) is 0.850. The van der Waals surface area contributed by atoms with E-state index in [1.165, 1.54) is 4.90 Å². The second-order valence-electron chi connectivity index (χ2n) is 5.95. The highest BCUT2D eigenvalue weighted by molar-refractivity contribution is 5.99. The van der Waals surface area contributed by atoms with Gasteiger partial charge in [-0.1, -0.05) is 36.4 Å². The zero-order valence-electron chi connectivity index (χ0n) is 13.9. The number of carbonyl (C=O) groups is 2. The monoisotopic (exact) mass is 337 g/mol. The molecule has 1 heterocycles. The van der Waals surface area contributed by atoms with Crippen LogP contribution in [0.15, 0.2) is 48.5 Å². The van der Waals surface area contributed by atoms with Gasteiger partial charge in [-0.2, -0.15) is 0 Å². The van der Waals surface area contributed by atoms with E-state index in [9.17, 15) is 9.59 Å². The van der Waals surface area contributed by atoms with Gasteiger partial charge in [0.2, 0.25) is 5.91 Å². The summed E-state index contributed by atoms with van der Waals surface area (Å²) in [5, 5.41) is 9.06. The van der Waals surface area contributed by atoms with E-state index in [1.54, 1.807) is 7.11 Å². The van der Waals surface area contributed by atoms with E-state index >= 15 is 0 Å². The Balaban J connectivity index is 1.71. The molecule has 128 valence electrons. The molecule has 1 atom stereocenters. The summed E-state index contributed by atoms with van der Waals surface area (Å²) in [7, 11) is 1.64. The minimum atomic E-state index is -0.923. The predicted molar refractivity (Wildman–Crippen MR) is 96.5 cm³/mol. The molecule has 0 saturated carbocycles. The van der Waals surface area contributed by atoms with Crippen LogP contribution in [-0.2, 0) is 9.59 Å². The normalized spacial score (nSPS) is 17.2. The number of carbonyl (C=O) groups excluding carboxylic acids is 1. The summed E-state index contributed by atoms with van der Waals surface area (Å²) in [6.45, 7) is 0.229. The molecule has 1 saturated heterocycles. The van der Waals surface area contributed by atoms with Crippen molar-refractivity contribution >= 4 is 29.7 Å². The summed E-state index contributed by atoms with van der Waals surface area (Å²) in [5.74, 6) is -0.890. The van der Waals surface area contributed by atoms with Gasteiger partial charge in [0.1, 0.15) is 5.75 Å². The fourth-order valence-corrected chi connectivity index (χ4v) is 2.83. The third-order valence-electron chi connectivity index (χ3n) is 4.24. The lowest BCUT2D eigenvalue weighted by molar-refractivity contribution is -0.141. The van der Waals surface area contributed by atoms with Gasteiger partial charge in [0.05, 0.1) is 13.0 Å². The van der Waals surface area contributed by atoms with Gasteiger partial charge in [-0.25, -0.2) is 0 Å². The minimum Gasteiger partial charge on any atom is -0.497 e. The molecule has 5 heteroatoms. The molecule has 5 nitrogen and oxygen atoms in total. The number of rotatable bonds is 5. The third-order valence-corrected chi connectivity index (χ3v) is 4.24. The van der Waals surface area contributed by atoms with Crippen LogP contribution >= 0.6 is 0 Å². The first-order valence-corrected chi connectivity index (χ1v) is 8.02. The Bertz CT molecular complexity index is 811. The fraction of sp³-hybridized carbons (Fsp3) is 0.200. The molecule has 0 spiro atoms. The molecule has 3 rings (SSSR count). The predicted octanol–water partition coefficient (Wildman–Crippen LogP) is 3.30. The molecule has 0 aromatic heterocycles. The zero-order valence-corrected chi connectivity index (χ0v) is 13.9. The van der Waals surface area contributed by atoms with Crippen LogP contribution in [0.1, 0.15) is 17.5 Å². The van der Waals surface area contributed by atoms with Crippen molar-refractivity contribution in [2.75, 3.05) is 18.6 Å². The summed E-state index contributed by atoms with van der Waals surface area (Å²) in [5.41, 5.74) is 2.75. The van der Waals surface area contributed by atoms with Crippen molar-refractivity contribution in [1.82, 2.24) is 0 Å². The van der Waals surface area contributed by atoms with E-state index in [-0.39, 0.29) is 18.9 Å². The first-order valence-electron chi connectivity index (χ1n) is 8.02. The number of benzene rings is 2. The van der Waals surface area contributed by atoms with Crippen molar-refractivity contribution in [1.29, 1.82) is 0 Å². The van der Waals surface area contributed by atoms with E-state index in [2.05, 4.69) is 0 Å². The summed E-state index contributed by atoms with van der Waals surface area (Å²) < 4.78 is 5.20. The van der Waals surface area contributed by atoms with Gasteiger partial charge in [-0.05, 0) is 35.4 Å². The maximum absolute atomic E-state index is 12.0. The summed E-state index contributed by atoms with van der Waals surface area (Å²) in [4.78, 5) is 24.6. The average Bonchev–Trinajstić information content (AvgIpc) is 3.03. The van der Waals surface area contributed by atoms with Gasteiger partial charge in [0, 0.05) is 18.7 Å². The Morgan fingerprint density at radius 1 is 1.16 bits per heavy atom. The van der Waals surface area contributed by atoms with E-state index in [4.69, 9.17) is 9.84 Å². The van der Waals surface area contributed by atoms with Crippen molar-refractivity contribution in [2.45, 2.75) is 6.42 Å². The molecule has 1 amide bonds. The van der Waals surface area contributed by atoms with Crippen molar-refractivity contribution in [2.24, 2.45) is 5.92 Å². The smallest absolute Gasteiger partial charge is 0.308 e. The van der Waals surface area contributed by atoms with Crippen LogP contribution in [0.3, 0.4) is 0 Å². The number of hydrogen-bond acceptors (Lipinski definition) is 3. The first kappa shape index (κ1) is 16.8. The number of carboxylic acid groups (broad SMARTS) is 1. The number of nitrogens with zero attached hydrogens (tertiary/aromatic N) is 1. The van der Waals surface area contributed by atoms with Gasteiger partial charge >= 0.3 is 5.97 Å². The zero-order chi connectivity index (χ0) is 17.8. The van der Waals surface area contributed by atoms with Gasteiger partial charge in [-0.3, -0.25) is 9.59 Å². The standard InChI is InChI=1S/C20H19NO4/c1-25-18-4-2-3-15(11-18)6-5-14-7-9-17(10-8-14)21-13-16(20(23)24)12-19(21)22/h2-11,16H,12-13H2,1H3,(H,23,24)/b6-5+. The Morgan fingerprint density at radius 2 is 1.88 bits per heavy atom. The molecule has 1 fully saturated rings. The van der Waals surface area contributed by atoms with E-state index in [0.29, 0.717) is 0 Å². The van der Waals surface area contributed by atoms with Crippen molar-refractivity contribution < 1.29 is 19.4 Å². The molecule has 0 radical (unpaired) electrons. The highest BCUT2D eigenvalue weighted by Gasteiger charge is 2.34. The van der Waals surface area contributed by atoms with Gasteiger partial charge in [0.25, 0.3) is 0 Å². The fourth-order valence-electron chi connectivity index (χ4n) is 2.83. The lowest BCUT2D eigenvalue weighted by atomic mass is 10.1. The molecule has 1 unspecified atom stereocenters. The number of anilines is 1. The Hall–Kier alpha value is -3.08.